The van der Waals surface area contributed by atoms with E-state index in [4.69, 9.17) is 4.98 Å². The SMILES string of the molecule is Cc1nc2cccc3c2n1-c1ccc(-c2ccccc2)cc1N3c1ccccc1. The van der Waals surface area contributed by atoms with Crippen molar-refractivity contribution in [3.8, 4) is 16.8 Å². The van der Waals surface area contributed by atoms with Gasteiger partial charge in [0, 0.05) is 5.69 Å². The van der Waals surface area contributed by atoms with Gasteiger partial charge in [0.15, 0.2) is 0 Å². The largest absolute Gasteiger partial charge is 0.306 e. The summed E-state index contributed by atoms with van der Waals surface area (Å²) in [4.78, 5) is 7.18. The highest BCUT2D eigenvalue weighted by atomic mass is 15.2. The van der Waals surface area contributed by atoms with E-state index in [-0.39, 0.29) is 0 Å². The van der Waals surface area contributed by atoms with Crippen LogP contribution in [0.4, 0.5) is 17.1 Å². The lowest BCUT2D eigenvalue weighted by molar-refractivity contribution is 0.982. The molecule has 4 aromatic carbocycles. The predicted molar refractivity (Wildman–Crippen MR) is 119 cm³/mol. The Morgan fingerprint density at radius 3 is 2.17 bits per heavy atom. The van der Waals surface area contributed by atoms with E-state index in [9.17, 15) is 0 Å². The molecule has 0 aliphatic carbocycles. The van der Waals surface area contributed by atoms with Crippen molar-refractivity contribution in [2.45, 2.75) is 6.92 Å². The highest BCUT2D eigenvalue weighted by Crippen LogP contribution is 2.47. The fourth-order valence-corrected chi connectivity index (χ4v) is 4.39. The van der Waals surface area contributed by atoms with Crippen molar-refractivity contribution >= 4 is 28.1 Å². The summed E-state index contributed by atoms with van der Waals surface area (Å²) in [6, 6.07) is 34.2. The standard InChI is InChI=1S/C26H19N3/c1-18-27-22-13-8-14-24-26(22)28(18)23-16-15-20(19-9-4-2-5-10-19)17-25(23)29(24)21-11-6-3-7-12-21/h2-17H,1H3. The molecule has 138 valence electrons. The van der Waals surface area contributed by atoms with E-state index >= 15 is 0 Å². The highest BCUT2D eigenvalue weighted by Gasteiger charge is 2.28. The van der Waals surface area contributed by atoms with Crippen molar-refractivity contribution < 1.29 is 0 Å². The molecule has 0 bridgehead atoms. The minimum absolute atomic E-state index is 1.01. The van der Waals surface area contributed by atoms with Gasteiger partial charge in [-0.3, -0.25) is 4.57 Å². The van der Waals surface area contributed by atoms with Gasteiger partial charge in [0.05, 0.1) is 28.1 Å². The molecule has 0 N–H and O–H groups in total. The number of nitrogens with zero attached hydrogens (tertiary/aromatic N) is 3. The van der Waals surface area contributed by atoms with Crippen LogP contribution >= 0.6 is 0 Å². The monoisotopic (exact) mass is 373 g/mol. The van der Waals surface area contributed by atoms with Crippen LogP contribution in [0.5, 0.6) is 0 Å². The van der Waals surface area contributed by atoms with Crippen molar-refractivity contribution in [1.29, 1.82) is 0 Å². The van der Waals surface area contributed by atoms with Crippen molar-refractivity contribution in [2.75, 3.05) is 4.90 Å². The van der Waals surface area contributed by atoms with E-state index in [0.717, 1.165) is 33.9 Å². The molecule has 1 aliphatic heterocycles. The average molecular weight is 373 g/mol. The Balaban J connectivity index is 1.70. The molecule has 0 fully saturated rings. The summed E-state index contributed by atoms with van der Waals surface area (Å²) >= 11 is 0. The molecule has 0 saturated heterocycles. The highest BCUT2D eigenvalue weighted by molar-refractivity contribution is 6.02. The van der Waals surface area contributed by atoms with Crippen LogP contribution < -0.4 is 4.90 Å². The smallest absolute Gasteiger partial charge is 0.111 e. The minimum atomic E-state index is 1.01. The normalized spacial score (nSPS) is 12.2. The molecular formula is C26H19N3. The van der Waals surface area contributed by atoms with Crippen LogP contribution in [-0.4, -0.2) is 9.55 Å². The molecular weight excluding hydrogens is 354 g/mol. The van der Waals surface area contributed by atoms with Gasteiger partial charge in [-0.15, -0.1) is 0 Å². The third kappa shape index (κ3) is 2.34. The molecule has 2 heterocycles. The van der Waals surface area contributed by atoms with Crippen LogP contribution in [0.2, 0.25) is 0 Å². The number of imidazole rings is 1. The molecule has 0 radical (unpaired) electrons. The number of fused-ring (bicyclic) bond motifs is 2. The summed E-state index contributed by atoms with van der Waals surface area (Å²) in [5.41, 5.74) is 9.25. The number of benzene rings is 4. The molecule has 3 heteroatoms. The van der Waals surface area contributed by atoms with Gasteiger partial charge >= 0.3 is 0 Å². The molecule has 3 nitrogen and oxygen atoms in total. The maximum Gasteiger partial charge on any atom is 0.111 e. The van der Waals surface area contributed by atoms with Crippen LogP contribution in [0.15, 0.2) is 97.1 Å². The molecule has 29 heavy (non-hydrogen) atoms. The Bertz CT molecular complexity index is 1350. The van der Waals surface area contributed by atoms with Crippen molar-refractivity contribution in [2.24, 2.45) is 0 Å². The Kier molecular flexibility index (Phi) is 3.38. The zero-order valence-electron chi connectivity index (χ0n) is 16.1. The molecule has 1 aliphatic rings. The lowest BCUT2D eigenvalue weighted by Gasteiger charge is -2.33. The molecule has 0 spiro atoms. The van der Waals surface area contributed by atoms with E-state index in [1.165, 1.54) is 16.8 Å². The minimum Gasteiger partial charge on any atom is -0.306 e. The van der Waals surface area contributed by atoms with Gasteiger partial charge < -0.3 is 4.90 Å². The van der Waals surface area contributed by atoms with Gasteiger partial charge in [-0.2, -0.15) is 0 Å². The first-order valence-corrected chi connectivity index (χ1v) is 9.84. The van der Waals surface area contributed by atoms with Gasteiger partial charge in [0.1, 0.15) is 5.82 Å². The predicted octanol–water partition coefficient (Wildman–Crippen LogP) is 6.78. The van der Waals surface area contributed by atoms with Crippen molar-refractivity contribution in [3.63, 3.8) is 0 Å². The number of hydrogen-bond donors (Lipinski definition) is 0. The summed E-state index contributed by atoms with van der Waals surface area (Å²) < 4.78 is 2.29. The van der Waals surface area contributed by atoms with Crippen LogP contribution in [0.25, 0.3) is 27.8 Å². The second-order valence-corrected chi connectivity index (χ2v) is 7.38. The summed E-state index contributed by atoms with van der Waals surface area (Å²) in [6.07, 6.45) is 0. The molecule has 0 saturated carbocycles. The first-order valence-electron chi connectivity index (χ1n) is 9.84. The molecule has 5 aromatic rings. The van der Waals surface area contributed by atoms with Gasteiger partial charge in [-0.05, 0) is 54.4 Å². The third-order valence-electron chi connectivity index (χ3n) is 5.64. The summed E-state index contributed by atoms with van der Waals surface area (Å²) in [7, 11) is 0. The number of para-hydroxylation sites is 2. The Morgan fingerprint density at radius 1 is 0.621 bits per heavy atom. The molecule has 0 unspecified atom stereocenters. The molecule has 6 rings (SSSR count). The van der Waals surface area contributed by atoms with Gasteiger partial charge in [0.2, 0.25) is 0 Å². The van der Waals surface area contributed by atoms with E-state index in [0.29, 0.717) is 0 Å². The Hall–Kier alpha value is -3.85. The first-order chi connectivity index (χ1) is 14.3. The quantitative estimate of drug-likeness (QED) is 0.333. The molecule has 0 atom stereocenters. The molecule has 1 aromatic heterocycles. The first kappa shape index (κ1) is 16.1. The van der Waals surface area contributed by atoms with E-state index < -0.39 is 0 Å². The van der Waals surface area contributed by atoms with E-state index in [2.05, 4.69) is 113 Å². The number of hydrogen-bond acceptors (Lipinski definition) is 2. The van der Waals surface area contributed by atoms with Crippen LogP contribution in [0.1, 0.15) is 5.82 Å². The van der Waals surface area contributed by atoms with E-state index in [1.807, 2.05) is 0 Å². The number of rotatable bonds is 2. The topological polar surface area (TPSA) is 21.1 Å². The number of aromatic nitrogens is 2. The van der Waals surface area contributed by atoms with Gasteiger partial charge in [-0.25, -0.2) is 4.98 Å². The van der Waals surface area contributed by atoms with Gasteiger partial charge in [0.25, 0.3) is 0 Å². The lowest BCUT2D eigenvalue weighted by Crippen LogP contribution is -2.18. The summed E-state index contributed by atoms with van der Waals surface area (Å²) in [5, 5.41) is 0. The maximum atomic E-state index is 4.83. The average Bonchev–Trinajstić information content (AvgIpc) is 3.12. The fourth-order valence-electron chi connectivity index (χ4n) is 4.39. The second kappa shape index (κ2) is 6.08. The molecule has 0 amide bonds. The van der Waals surface area contributed by atoms with Crippen LogP contribution in [0.3, 0.4) is 0 Å². The van der Waals surface area contributed by atoms with Crippen molar-refractivity contribution in [1.82, 2.24) is 9.55 Å². The number of aryl methyl sites for hydroxylation is 1. The zero-order chi connectivity index (χ0) is 19.4. The lowest BCUT2D eigenvalue weighted by atomic mass is 10.0. The maximum absolute atomic E-state index is 4.83. The Morgan fingerprint density at radius 2 is 1.38 bits per heavy atom. The van der Waals surface area contributed by atoms with Crippen LogP contribution in [0, 0.1) is 6.92 Å². The van der Waals surface area contributed by atoms with Gasteiger partial charge in [-0.1, -0.05) is 60.7 Å². The van der Waals surface area contributed by atoms with Crippen molar-refractivity contribution in [3.05, 3.63) is 103 Å². The van der Waals surface area contributed by atoms with Crippen LogP contribution in [-0.2, 0) is 0 Å². The number of anilines is 3. The third-order valence-corrected chi connectivity index (χ3v) is 5.64. The van der Waals surface area contributed by atoms with E-state index in [1.54, 1.807) is 0 Å². The zero-order valence-corrected chi connectivity index (χ0v) is 16.1. The Labute approximate surface area is 169 Å². The summed E-state index contributed by atoms with van der Waals surface area (Å²) in [5.74, 6) is 1.01. The summed E-state index contributed by atoms with van der Waals surface area (Å²) in [6.45, 7) is 2.08. The fraction of sp³-hybridized carbons (Fsp3) is 0.0385. The second-order valence-electron chi connectivity index (χ2n) is 7.38.